The van der Waals surface area contributed by atoms with Crippen molar-refractivity contribution in [3.05, 3.63) is 35.9 Å². The predicted molar refractivity (Wildman–Crippen MR) is 66.2 cm³/mol. The van der Waals surface area contributed by atoms with E-state index < -0.39 is 0 Å². The summed E-state index contributed by atoms with van der Waals surface area (Å²) in [6.07, 6.45) is 3.33. The highest BCUT2D eigenvalue weighted by atomic mass is 14.9. The van der Waals surface area contributed by atoms with Crippen molar-refractivity contribution in [2.24, 2.45) is 10.7 Å². The van der Waals surface area contributed by atoms with Gasteiger partial charge in [-0.1, -0.05) is 50.6 Å². The fraction of sp³-hybridized carbons (Fsp3) is 0.462. The van der Waals surface area contributed by atoms with Gasteiger partial charge in [-0.2, -0.15) is 0 Å². The van der Waals surface area contributed by atoms with Gasteiger partial charge in [0.05, 0.1) is 6.04 Å². The molecule has 1 aromatic carbocycles. The van der Waals surface area contributed by atoms with Crippen LogP contribution in [0.25, 0.3) is 0 Å². The summed E-state index contributed by atoms with van der Waals surface area (Å²) in [5.41, 5.74) is 6.97. The Hall–Kier alpha value is -1.31. The molecule has 0 amide bonds. The maximum absolute atomic E-state index is 5.95. The predicted octanol–water partition coefficient (Wildman–Crippen LogP) is 2.97. The number of rotatable bonds is 5. The zero-order chi connectivity index (χ0) is 11.1. The topological polar surface area (TPSA) is 38.4 Å². The monoisotopic (exact) mass is 204 g/mol. The van der Waals surface area contributed by atoms with Crippen molar-refractivity contribution in [2.75, 3.05) is 0 Å². The molecule has 0 saturated carbocycles. The molecule has 1 rings (SSSR count). The first kappa shape index (κ1) is 11.8. The first-order valence-electron chi connectivity index (χ1n) is 5.66. The van der Waals surface area contributed by atoms with E-state index in [2.05, 4.69) is 18.8 Å². The Morgan fingerprint density at radius 1 is 1.27 bits per heavy atom. The van der Waals surface area contributed by atoms with Crippen LogP contribution in [0.5, 0.6) is 0 Å². The van der Waals surface area contributed by atoms with Crippen molar-refractivity contribution in [2.45, 2.75) is 39.2 Å². The third-order valence-corrected chi connectivity index (χ3v) is 2.48. The van der Waals surface area contributed by atoms with Gasteiger partial charge >= 0.3 is 0 Å². The number of nitrogens with two attached hydrogens (primary N) is 1. The van der Waals surface area contributed by atoms with E-state index in [-0.39, 0.29) is 0 Å². The smallest absolute Gasteiger partial charge is 0.125 e. The van der Waals surface area contributed by atoms with Gasteiger partial charge in [-0.3, -0.25) is 4.99 Å². The van der Waals surface area contributed by atoms with E-state index in [0.717, 1.165) is 24.8 Å². The Bertz CT molecular complexity index is 304. The van der Waals surface area contributed by atoms with Crippen molar-refractivity contribution in [1.82, 2.24) is 0 Å². The lowest BCUT2D eigenvalue weighted by Crippen LogP contribution is -2.17. The van der Waals surface area contributed by atoms with E-state index in [1.807, 2.05) is 30.3 Å². The number of aliphatic imine (C=N–C) groups is 1. The molecule has 0 aliphatic carbocycles. The first-order valence-corrected chi connectivity index (χ1v) is 5.66. The van der Waals surface area contributed by atoms with Crippen LogP contribution in [0.3, 0.4) is 0 Å². The van der Waals surface area contributed by atoms with E-state index in [0.29, 0.717) is 11.9 Å². The molecule has 0 saturated heterocycles. The van der Waals surface area contributed by atoms with Crippen molar-refractivity contribution in [3.63, 3.8) is 0 Å². The number of amidine groups is 1. The minimum Gasteiger partial charge on any atom is -0.383 e. The van der Waals surface area contributed by atoms with Crippen LogP contribution in [0.15, 0.2) is 35.3 Å². The van der Waals surface area contributed by atoms with Crippen LogP contribution >= 0.6 is 0 Å². The summed E-state index contributed by atoms with van der Waals surface area (Å²) in [5.74, 6) is 0.663. The van der Waals surface area contributed by atoms with Crippen LogP contribution in [0.4, 0.5) is 0 Å². The van der Waals surface area contributed by atoms with Crippen molar-refractivity contribution in [3.8, 4) is 0 Å². The number of hydrogen-bond acceptors (Lipinski definition) is 1. The normalized spacial score (nSPS) is 13.9. The second-order valence-corrected chi connectivity index (χ2v) is 3.73. The van der Waals surface area contributed by atoms with Crippen molar-refractivity contribution in [1.29, 1.82) is 0 Å². The lowest BCUT2D eigenvalue weighted by atomic mass is 10.1. The second-order valence-electron chi connectivity index (χ2n) is 3.73. The van der Waals surface area contributed by atoms with E-state index >= 15 is 0 Å². The van der Waals surface area contributed by atoms with E-state index in [1.165, 1.54) is 0 Å². The van der Waals surface area contributed by atoms with E-state index in [4.69, 9.17) is 5.73 Å². The molecule has 2 heteroatoms. The maximum Gasteiger partial charge on any atom is 0.125 e. The molecular formula is C13H20N2. The van der Waals surface area contributed by atoms with Crippen molar-refractivity contribution >= 4 is 5.84 Å². The molecule has 0 radical (unpaired) electrons. The second kappa shape index (κ2) is 6.23. The van der Waals surface area contributed by atoms with Gasteiger partial charge in [0.1, 0.15) is 5.84 Å². The average Bonchev–Trinajstić information content (AvgIpc) is 2.29. The Labute approximate surface area is 92.2 Å². The third-order valence-electron chi connectivity index (χ3n) is 2.48. The molecule has 2 N–H and O–H groups in total. The molecule has 82 valence electrons. The quantitative estimate of drug-likeness (QED) is 0.581. The van der Waals surface area contributed by atoms with Gasteiger partial charge in [0.2, 0.25) is 0 Å². The summed E-state index contributed by atoms with van der Waals surface area (Å²) in [4.78, 5) is 4.55. The van der Waals surface area contributed by atoms with Crippen LogP contribution in [0.2, 0.25) is 0 Å². The standard InChI is InChI=1S/C13H20N2/c1-3-8-12(4-2)15-13(14)11-9-6-5-7-10-11/h5-7,9-10,12H,3-4,8H2,1-2H3,(H2,14,15). The number of nitrogens with zero attached hydrogens (tertiary/aromatic N) is 1. The Balaban J connectivity index is 2.74. The molecule has 0 aliphatic rings. The zero-order valence-electron chi connectivity index (χ0n) is 9.61. The maximum atomic E-state index is 5.95. The molecule has 0 aromatic heterocycles. The van der Waals surface area contributed by atoms with Gasteiger partial charge in [0.25, 0.3) is 0 Å². The Kier molecular flexibility index (Phi) is 4.88. The fourth-order valence-corrected chi connectivity index (χ4v) is 1.57. The minimum atomic E-state index is 0.371. The molecule has 0 bridgehead atoms. The highest BCUT2D eigenvalue weighted by Gasteiger charge is 2.04. The van der Waals surface area contributed by atoms with Crippen LogP contribution in [-0.4, -0.2) is 11.9 Å². The zero-order valence-corrected chi connectivity index (χ0v) is 9.61. The summed E-state index contributed by atoms with van der Waals surface area (Å²) in [6.45, 7) is 4.33. The number of hydrogen-bond donors (Lipinski definition) is 1. The van der Waals surface area contributed by atoms with Crippen LogP contribution in [0.1, 0.15) is 38.7 Å². The summed E-state index contributed by atoms with van der Waals surface area (Å²) in [6, 6.07) is 10.3. The molecule has 0 heterocycles. The lowest BCUT2D eigenvalue weighted by molar-refractivity contribution is 0.589. The van der Waals surface area contributed by atoms with Gasteiger partial charge < -0.3 is 5.73 Å². The number of benzene rings is 1. The largest absolute Gasteiger partial charge is 0.383 e. The van der Waals surface area contributed by atoms with Crippen LogP contribution in [-0.2, 0) is 0 Å². The molecular weight excluding hydrogens is 184 g/mol. The average molecular weight is 204 g/mol. The van der Waals surface area contributed by atoms with E-state index in [1.54, 1.807) is 0 Å². The fourth-order valence-electron chi connectivity index (χ4n) is 1.57. The molecule has 1 atom stereocenters. The third kappa shape index (κ3) is 3.74. The highest BCUT2D eigenvalue weighted by Crippen LogP contribution is 2.08. The Morgan fingerprint density at radius 3 is 2.47 bits per heavy atom. The van der Waals surface area contributed by atoms with Crippen molar-refractivity contribution < 1.29 is 0 Å². The molecule has 1 unspecified atom stereocenters. The SMILES string of the molecule is CCCC(CC)N=C(N)c1ccccc1. The first-order chi connectivity index (χ1) is 7.27. The molecule has 0 spiro atoms. The lowest BCUT2D eigenvalue weighted by Gasteiger charge is -2.10. The van der Waals surface area contributed by atoms with Gasteiger partial charge in [-0.15, -0.1) is 0 Å². The van der Waals surface area contributed by atoms with E-state index in [9.17, 15) is 0 Å². The molecule has 0 aliphatic heterocycles. The minimum absolute atomic E-state index is 0.371. The molecule has 15 heavy (non-hydrogen) atoms. The Morgan fingerprint density at radius 2 is 1.93 bits per heavy atom. The van der Waals surface area contributed by atoms with Gasteiger partial charge in [0, 0.05) is 5.56 Å². The highest BCUT2D eigenvalue weighted by molar-refractivity contribution is 5.97. The summed E-state index contributed by atoms with van der Waals surface area (Å²) < 4.78 is 0. The molecule has 0 fully saturated rings. The van der Waals surface area contributed by atoms with Crippen LogP contribution in [0, 0.1) is 0 Å². The van der Waals surface area contributed by atoms with Gasteiger partial charge in [0.15, 0.2) is 0 Å². The molecule has 1 aromatic rings. The summed E-state index contributed by atoms with van der Waals surface area (Å²) >= 11 is 0. The van der Waals surface area contributed by atoms with Crippen LogP contribution < -0.4 is 5.73 Å². The van der Waals surface area contributed by atoms with Gasteiger partial charge in [-0.05, 0) is 12.8 Å². The van der Waals surface area contributed by atoms with Gasteiger partial charge in [-0.25, -0.2) is 0 Å². The summed E-state index contributed by atoms with van der Waals surface area (Å²) in [7, 11) is 0. The summed E-state index contributed by atoms with van der Waals surface area (Å²) in [5, 5.41) is 0. The molecule has 2 nitrogen and oxygen atoms in total.